The molecule has 6 heteroatoms. The third-order valence-electron chi connectivity index (χ3n) is 4.70. The molecule has 0 aliphatic heterocycles. The molecule has 2 aromatic rings. The molecule has 0 saturated heterocycles. The molecule has 0 bridgehead atoms. The third kappa shape index (κ3) is 7.97. The largest absolute Gasteiger partial charge is 0.459 e. The van der Waals surface area contributed by atoms with Gasteiger partial charge in [-0.2, -0.15) is 0 Å². The van der Waals surface area contributed by atoms with E-state index in [4.69, 9.17) is 15.2 Å². The van der Waals surface area contributed by atoms with Gasteiger partial charge in [-0.15, -0.1) is 0 Å². The zero-order valence-electron chi connectivity index (χ0n) is 17.9. The van der Waals surface area contributed by atoms with Crippen molar-refractivity contribution in [2.45, 2.75) is 58.6 Å². The van der Waals surface area contributed by atoms with Gasteiger partial charge in [-0.25, -0.2) is 4.79 Å². The Hall–Kier alpha value is -2.70. The fourth-order valence-corrected chi connectivity index (χ4v) is 2.90. The monoisotopic (exact) mass is 412 g/mol. The van der Waals surface area contributed by atoms with Crippen LogP contribution in [0, 0.1) is 5.92 Å². The highest BCUT2D eigenvalue weighted by Crippen LogP contribution is 2.10. The molecule has 3 atom stereocenters. The summed E-state index contributed by atoms with van der Waals surface area (Å²) in [4.78, 5) is 25.2. The predicted molar refractivity (Wildman–Crippen MR) is 116 cm³/mol. The quantitative estimate of drug-likeness (QED) is 0.553. The first-order valence-electron chi connectivity index (χ1n) is 10.3. The second-order valence-electron chi connectivity index (χ2n) is 7.81. The maximum atomic E-state index is 12.6. The van der Waals surface area contributed by atoms with Gasteiger partial charge in [0.25, 0.3) is 0 Å². The summed E-state index contributed by atoms with van der Waals surface area (Å²) in [5.74, 6) is -0.702. The number of rotatable bonds is 11. The van der Waals surface area contributed by atoms with Crippen LogP contribution in [0.25, 0.3) is 0 Å². The smallest absolute Gasteiger partial charge is 0.328 e. The van der Waals surface area contributed by atoms with Crippen LogP contribution in [-0.4, -0.2) is 30.1 Å². The molecule has 1 amide bonds. The van der Waals surface area contributed by atoms with Crippen molar-refractivity contribution >= 4 is 11.9 Å². The minimum absolute atomic E-state index is 0.160. The SMILES string of the molecule is CC(C)C[C@H](NC(=O)[C@@H](N)[C@@H](C)OCc1ccccc1)C(=O)OCc1ccccc1. The summed E-state index contributed by atoms with van der Waals surface area (Å²) >= 11 is 0. The van der Waals surface area contributed by atoms with Gasteiger partial charge in [-0.05, 0) is 30.4 Å². The summed E-state index contributed by atoms with van der Waals surface area (Å²) in [7, 11) is 0. The van der Waals surface area contributed by atoms with E-state index in [1.807, 2.05) is 74.5 Å². The van der Waals surface area contributed by atoms with Gasteiger partial charge in [0.15, 0.2) is 0 Å². The molecule has 0 aromatic heterocycles. The normalized spacial score (nSPS) is 14.0. The fraction of sp³-hybridized carbons (Fsp3) is 0.417. The molecule has 2 rings (SSSR count). The molecule has 2 aromatic carbocycles. The van der Waals surface area contributed by atoms with Crippen LogP contribution in [-0.2, 0) is 32.3 Å². The molecule has 3 N–H and O–H groups in total. The molecular weight excluding hydrogens is 380 g/mol. The van der Waals surface area contributed by atoms with Crippen molar-refractivity contribution in [3.05, 3.63) is 71.8 Å². The van der Waals surface area contributed by atoms with Crippen molar-refractivity contribution in [1.29, 1.82) is 0 Å². The molecule has 0 saturated carbocycles. The summed E-state index contributed by atoms with van der Waals surface area (Å²) < 4.78 is 11.1. The molecule has 0 aliphatic carbocycles. The van der Waals surface area contributed by atoms with Gasteiger partial charge in [0.2, 0.25) is 5.91 Å². The van der Waals surface area contributed by atoms with E-state index in [9.17, 15) is 9.59 Å². The Balaban J connectivity index is 1.89. The summed E-state index contributed by atoms with van der Waals surface area (Å²) in [6, 6.07) is 17.4. The second kappa shape index (κ2) is 12.1. The van der Waals surface area contributed by atoms with E-state index in [0.717, 1.165) is 11.1 Å². The van der Waals surface area contributed by atoms with Crippen molar-refractivity contribution in [3.8, 4) is 0 Å². The number of amides is 1. The number of hydrogen-bond acceptors (Lipinski definition) is 5. The summed E-state index contributed by atoms with van der Waals surface area (Å²) in [5.41, 5.74) is 7.97. The second-order valence-corrected chi connectivity index (χ2v) is 7.81. The van der Waals surface area contributed by atoms with Crippen LogP contribution in [0.15, 0.2) is 60.7 Å². The lowest BCUT2D eigenvalue weighted by molar-refractivity contribution is -0.150. The maximum Gasteiger partial charge on any atom is 0.328 e. The lowest BCUT2D eigenvalue weighted by Gasteiger charge is -2.24. The van der Waals surface area contributed by atoms with E-state index in [0.29, 0.717) is 13.0 Å². The van der Waals surface area contributed by atoms with Gasteiger partial charge in [-0.3, -0.25) is 4.79 Å². The van der Waals surface area contributed by atoms with Crippen LogP contribution >= 0.6 is 0 Å². The molecule has 0 spiro atoms. The Labute approximate surface area is 178 Å². The van der Waals surface area contributed by atoms with Crippen molar-refractivity contribution in [1.82, 2.24) is 5.32 Å². The number of benzene rings is 2. The standard InChI is InChI=1S/C24H32N2O4/c1-17(2)14-21(24(28)30-16-20-12-8-5-9-13-20)26-23(27)22(25)18(3)29-15-19-10-6-4-7-11-19/h4-13,17-18,21-22H,14-16,25H2,1-3H3,(H,26,27)/t18-,21+,22+/m1/s1. The molecular formula is C24H32N2O4. The van der Waals surface area contributed by atoms with Crippen molar-refractivity contribution < 1.29 is 19.1 Å². The molecule has 0 fully saturated rings. The maximum absolute atomic E-state index is 12.6. The van der Waals surface area contributed by atoms with Gasteiger partial charge in [0.05, 0.1) is 12.7 Å². The number of esters is 1. The van der Waals surface area contributed by atoms with Gasteiger partial charge in [-0.1, -0.05) is 74.5 Å². The Morgan fingerprint density at radius 1 is 0.900 bits per heavy atom. The highest BCUT2D eigenvalue weighted by Gasteiger charge is 2.28. The first-order valence-corrected chi connectivity index (χ1v) is 10.3. The number of nitrogens with two attached hydrogens (primary N) is 1. The Kier molecular flexibility index (Phi) is 9.51. The molecule has 162 valence electrons. The molecule has 0 radical (unpaired) electrons. The van der Waals surface area contributed by atoms with Crippen molar-refractivity contribution in [2.24, 2.45) is 11.7 Å². The van der Waals surface area contributed by atoms with Crippen molar-refractivity contribution in [2.75, 3.05) is 0 Å². The first-order chi connectivity index (χ1) is 14.4. The van der Waals surface area contributed by atoms with Crippen LogP contribution in [0.5, 0.6) is 0 Å². The Bertz CT molecular complexity index is 780. The molecule has 30 heavy (non-hydrogen) atoms. The number of ether oxygens (including phenoxy) is 2. The van der Waals surface area contributed by atoms with E-state index < -0.39 is 30.1 Å². The summed E-state index contributed by atoms with van der Waals surface area (Å²) in [6.45, 7) is 6.23. The third-order valence-corrected chi connectivity index (χ3v) is 4.70. The molecule has 0 aliphatic rings. The molecule has 6 nitrogen and oxygen atoms in total. The van der Waals surface area contributed by atoms with Crippen molar-refractivity contribution in [3.63, 3.8) is 0 Å². The van der Waals surface area contributed by atoms with Crippen LogP contribution in [0.4, 0.5) is 0 Å². The minimum Gasteiger partial charge on any atom is -0.459 e. The Morgan fingerprint density at radius 2 is 1.43 bits per heavy atom. The van der Waals surface area contributed by atoms with Gasteiger partial charge in [0.1, 0.15) is 18.7 Å². The predicted octanol–water partition coefficient (Wildman–Crippen LogP) is 3.19. The molecule has 0 unspecified atom stereocenters. The molecule has 0 heterocycles. The average Bonchev–Trinajstić information content (AvgIpc) is 2.75. The van der Waals surface area contributed by atoms with E-state index in [-0.39, 0.29) is 12.5 Å². The zero-order valence-corrected chi connectivity index (χ0v) is 17.9. The van der Waals surface area contributed by atoms with Crippen LogP contribution in [0.1, 0.15) is 38.3 Å². The first kappa shape index (κ1) is 23.6. The highest BCUT2D eigenvalue weighted by atomic mass is 16.5. The lowest BCUT2D eigenvalue weighted by atomic mass is 10.0. The topological polar surface area (TPSA) is 90.7 Å². The van der Waals surface area contributed by atoms with E-state index in [2.05, 4.69) is 5.32 Å². The number of carbonyl (C=O) groups is 2. The van der Waals surface area contributed by atoms with Crippen LogP contribution in [0.2, 0.25) is 0 Å². The Morgan fingerprint density at radius 3 is 1.97 bits per heavy atom. The number of nitrogens with one attached hydrogen (secondary N) is 1. The average molecular weight is 413 g/mol. The minimum atomic E-state index is -0.898. The van der Waals surface area contributed by atoms with Gasteiger partial charge < -0.3 is 20.5 Å². The van der Waals surface area contributed by atoms with Crippen LogP contribution in [0.3, 0.4) is 0 Å². The number of carbonyl (C=O) groups excluding carboxylic acids is 2. The van der Waals surface area contributed by atoms with Gasteiger partial charge >= 0.3 is 5.97 Å². The van der Waals surface area contributed by atoms with Crippen LogP contribution < -0.4 is 11.1 Å². The zero-order chi connectivity index (χ0) is 21.9. The lowest BCUT2D eigenvalue weighted by Crippen LogP contribution is -2.53. The summed E-state index contributed by atoms with van der Waals surface area (Å²) in [5, 5.41) is 2.74. The van der Waals surface area contributed by atoms with E-state index in [1.54, 1.807) is 6.92 Å². The van der Waals surface area contributed by atoms with E-state index in [1.165, 1.54) is 0 Å². The summed E-state index contributed by atoms with van der Waals surface area (Å²) in [6.07, 6.45) is -0.0454. The fourth-order valence-electron chi connectivity index (χ4n) is 2.90. The van der Waals surface area contributed by atoms with Gasteiger partial charge in [0, 0.05) is 0 Å². The highest BCUT2D eigenvalue weighted by molar-refractivity contribution is 5.87. The van der Waals surface area contributed by atoms with E-state index >= 15 is 0 Å². The number of hydrogen-bond donors (Lipinski definition) is 2.